The predicted octanol–water partition coefficient (Wildman–Crippen LogP) is 2.79. The van der Waals surface area contributed by atoms with Gasteiger partial charge < -0.3 is 10.5 Å². The number of hydrogen-bond donors (Lipinski definition) is 1. The van der Waals surface area contributed by atoms with Crippen molar-refractivity contribution in [1.29, 1.82) is 5.26 Å². The fourth-order valence-corrected chi connectivity index (χ4v) is 3.13. The molecule has 4 aromatic rings. The third-order valence-corrected chi connectivity index (χ3v) is 4.29. The van der Waals surface area contributed by atoms with Gasteiger partial charge in [0.15, 0.2) is 11.3 Å². The molecule has 24 heavy (non-hydrogen) atoms. The monoisotopic (exact) mass is 338 g/mol. The highest BCUT2D eigenvalue weighted by molar-refractivity contribution is 6.34. The highest BCUT2D eigenvalue weighted by Crippen LogP contribution is 2.37. The van der Waals surface area contributed by atoms with Gasteiger partial charge in [-0.1, -0.05) is 17.7 Å². The largest absolute Gasteiger partial charge is 0.495 e. The topological polar surface area (TPSA) is 94.2 Å². The highest BCUT2D eigenvalue weighted by atomic mass is 35.5. The first-order valence-corrected chi connectivity index (χ1v) is 7.40. The van der Waals surface area contributed by atoms with Gasteiger partial charge in [0.1, 0.15) is 34.6 Å². The summed E-state index contributed by atoms with van der Waals surface area (Å²) in [6.45, 7) is 0. The zero-order valence-electron chi connectivity index (χ0n) is 12.6. The number of nitrogens with zero attached hydrogens (tertiary/aromatic N) is 5. The van der Waals surface area contributed by atoms with Crippen LogP contribution in [-0.4, -0.2) is 26.3 Å². The summed E-state index contributed by atoms with van der Waals surface area (Å²) in [6, 6.07) is 11.1. The average molecular weight is 339 g/mol. The third kappa shape index (κ3) is 1.77. The number of pyridine rings is 1. The quantitative estimate of drug-likeness (QED) is 0.606. The molecule has 8 heteroatoms. The Kier molecular flexibility index (Phi) is 3.08. The van der Waals surface area contributed by atoms with Crippen LogP contribution >= 0.6 is 11.6 Å². The number of ether oxygens (including phenoxy) is 1. The molecule has 0 spiro atoms. The number of hydrogen-bond acceptors (Lipinski definition) is 5. The first-order chi connectivity index (χ1) is 11.7. The summed E-state index contributed by atoms with van der Waals surface area (Å²) in [4.78, 5) is 4.18. The number of fused-ring (bicyclic) bond motifs is 3. The van der Waals surface area contributed by atoms with Gasteiger partial charge in [0.05, 0.1) is 12.8 Å². The van der Waals surface area contributed by atoms with Crippen molar-refractivity contribution in [2.75, 3.05) is 12.8 Å². The summed E-state index contributed by atoms with van der Waals surface area (Å²) < 4.78 is 8.60. The molecule has 0 radical (unpaired) electrons. The Morgan fingerprint density at radius 1 is 1.29 bits per heavy atom. The lowest BCUT2D eigenvalue weighted by Crippen LogP contribution is -2.05. The number of halogens is 1. The molecule has 0 atom stereocenters. The molecule has 0 aliphatic rings. The van der Waals surface area contributed by atoms with Crippen molar-refractivity contribution in [3.63, 3.8) is 0 Å². The molecule has 0 saturated carbocycles. The van der Waals surface area contributed by atoms with E-state index in [-0.39, 0.29) is 5.82 Å². The van der Waals surface area contributed by atoms with Crippen LogP contribution in [0.4, 0.5) is 5.82 Å². The molecule has 0 fully saturated rings. The van der Waals surface area contributed by atoms with Gasteiger partial charge in [-0.2, -0.15) is 14.9 Å². The van der Waals surface area contributed by atoms with E-state index in [0.29, 0.717) is 38.7 Å². The van der Waals surface area contributed by atoms with E-state index in [4.69, 9.17) is 22.1 Å². The number of rotatable bonds is 2. The second kappa shape index (κ2) is 5.15. The van der Waals surface area contributed by atoms with Gasteiger partial charge in [0.2, 0.25) is 0 Å². The molecule has 3 aromatic heterocycles. The number of nitrogen functional groups attached to an aromatic ring is 1. The van der Waals surface area contributed by atoms with Crippen molar-refractivity contribution in [2.45, 2.75) is 0 Å². The van der Waals surface area contributed by atoms with E-state index in [1.807, 2.05) is 0 Å². The van der Waals surface area contributed by atoms with Gasteiger partial charge in [-0.05, 0) is 24.3 Å². The zero-order valence-corrected chi connectivity index (χ0v) is 13.3. The maximum absolute atomic E-state index is 9.52. The van der Waals surface area contributed by atoms with Crippen LogP contribution in [0, 0.1) is 11.3 Å². The smallest absolute Gasteiger partial charge is 0.157 e. The summed E-state index contributed by atoms with van der Waals surface area (Å²) in [5.74, 6) is 0.797. The molecule has 2 N–H and O–H groups in total. The van der Waals surface area contributed by atoms with E-state index < -0.39 is 0 Å². The lowest BCUT2D eigenvalue weighted by Gasteiger charge is -2.12. The van der Waals surface area contributed by atoms with Crippen LogP contribution < -0.4 is 10.5 Å². The summed E-state index contributed by atoms with van der Waals surface area (Å²) >= 11 is 6.46. The van der Waals surface area contributed by atoms with Gasteiger partial charge in [0.25, 0.3) is 0 Å². The minimum atomic E-state index is 0.283. The summed E-state index contributed by atoms with van der Waals surface area (Å²) in [7, 11) is 1.54. The maximum atomic E-state index is 9.52. The molecule has 118 valence electrons. The first kappa shape index (κ1) is 14.4. The maximum Gasteiger partial charge on any atom is 0.157 e. The van der Waals surface area contributed by atoms with Crippen LogP contribution in [0.25, 0.3) is 22.4 Å². The molecule has 3 heterocycles. The van der Waals surface area contributed by atoms with Crippen LogP contribution in [0.1, 0.15) is 5.56 Å². The van der Waals surface area contributed by atoms with Crippen molar-refractivity contribution in [1.82, 2.24) is 19.2 Å². The predicted molar refractivity (Wildman–Crippen MR) is 90.5 cm³/mol. The molecule has 7 nitrogen and oxygen atoms in total. The molecule has 0 aliphatic carbocycles. The van der Waals surface area contributed by atoms with Gasteiger partial charge in [-0.25, -0.2) is 4.98 Å². The number of nitriles is 1. The minimum Gasteiger partial charge on any atom is -0.495 e. The molecular formula is C16H11ClN6O. The highest BCUT2D eigenvalue weighted by Gasteiger charge is 2.21. The molecule has 0 aliphatic heterocycles. The molecule has 0 bridgehead atoms. The number of aromatic nitrogens is 4. The van der Waals surface area contributed by atoms with Crippen LogP contribution in [-0.2, 0) is 0 Å². The summed E-state index contributed by atoms with van der Waals surface area (Å²) in [5, 5.41) is 14.8. The van der Waals surface area contributed by atoms with E-state index in [1.165, 1.54) is 6.33 Å². The van der Waals surface area contributed by atoms with E-state index in [1.54, 1.807) is 46.5 Å². The SMILES string of the molecule is COc1cccc(-n2c(N)c(C#N)c3ccc4ncnn4c32)c1Cl. The number of anilines is 1. The normalized spacial score (nSPS) is 11.0. The molecule has 1 aromatic carbocycles. The Balaban J connectivity index is 2.22. The minimum absolute atomic E-state index is 0.283. The number of nitrogens with two attached hydrogens (primary N) is 1. The Morgan fingerprint density at radius 3 is 2.88 bits per heavy atom. The fraction of sp³-hybridized carbons (Fsp3) is 0.0625. The number of methoxy groups -OCH3 is 1. The van der Waals surface area contributed by atoms with E-state index in [9.17, 15) is 5.26 Å². The van der Waals surface area contributed by atoms with Gasteiger partial charge in [-0.15, -0.1) is 0 Å². The Hall–Kier alpha value is -3.24. The van der Waals surface area contributed by atoms with Crippen molar-refractivity contribution in [2.24, 2.45) is 0 Å². The number of benzene rings is 1. The van der Waals surface area contributed by atoms with Crippen molar-refractivity contribution in [3.05, 3.63) is 47.2 Å². The Morgan fingerprint density at radius 2 is 2.12 bits per heavy atom. The van der Waals surface area contributed by atoms with Crippen LogP contribution in [0.15, 0.2) is 36.7 Å². The average Bonchev–Trinajstić information content (AvgIpc) is 3.16. The fourth-order valence-electron chi connectivity index (χ4n) is 2.84. The molecule has 4 rings (SSSR count). The molecule has 0 saturated heterocycles. The molecule has 0 unspecified atom stereocenters. The van der Waals surface area contributed by atoms with Crippen LogP contribution in [0.3, 0.4) is 0 Å². The van der Waals surface area contributed by atoms with Crippen molar-refractivity contribution < 1.29 is 4.74 Å². The Bertz CT molecular complexity index is 1140. The Labute approximate surface area is 141 Å². The van der Waals surface area contributed by atoms with Crippen LogP contribution in [0.2, 0.25) is 5.02 Å². The zero-order chi connectivity index (χ0) is 16.8. The first-order valence-electron chi connectivity index (χ1n) is 7.03. The second-order valence-electron chi connectivity index (χ2n) is 5.10. The summed E-state index contributed by atoms with van der Waals surface area (Å²) in [5.41, 5.74) is 8.48. The standard InChI is InChI=1S/C16H11ClN6O/c1-24-12-4-2-3-11(14(12)17)22-15(19)10(7-18)9-5-6-13-20-8-21-23(13)16(9)22/h2-6,8H,19H2,1H3. The van der Waals surface area contributed by atoms with E-state index >= 15 is 0 Å². The lowest BCUT2D eigenvalue weighted by atomic mass is 10.2. The van der Waals surface area contributed by atoms with Gasteiger partial charge >= 0.3 is 0 Å². The summed E-state index contributed by atoms with van der Waals surface area (Å²) in [6.07, 6.45) is 1.45. The van der Waals surface area contributed by atoms with Crippen molar-refractivity contribution in [3.8, 4) is 17.5 Å². The molecule has 0 amide bonds. The lowest BCUT2D eigenvalue weighted by molar-refractivity contribution is 0.415. The van der Waals surface area contributed by atoms with E-state index in [2.05, 4.69) is 16.2 Å². The van der Waals surface area contributed by atoms with Crippen LogP contribution in [0.5, 0.6) is 5.75 Å². The van der Waals surface area contributed by atoms with Gasteiger partial charge in [0, 0.05) is 5.39 Å². The van der Waals surface area contributed by atoms with E-state index in [0.717, 1.165) is 0 Å². The van der Waals surface area contributed by atoms with Gasteiger partial charge in [-0.3, -0.25) is 4.57 Å². The van der Waals surface area contributed by atoms with Crippen molar-refractivity contribution >= 4 is 34.1 Å². The molecular weight excluding hydrogens is 328 g/mol. The second-order valence-corrected chi connectivity index (χ2v) is 5.48. The third-order valence-electron chi connectivity index (χ3n) is 3.91.